The number of aryl methyl sites for hydroxylation is 1. The van der Waals surface area contributed by atoms with Gasteiger partial charge >= 0.3 is 0 Å². The average Bonchev–Trinajstić information content (AvgIpc) is 2.48. The summed E-state index contributed by atoms with van der Waals surface area (Å²) in [5.74, 6) is -0.270. The van der Waals surface area contributed by atoms with Gasteiger partial charge in [0.25, 0.3) is 0 Å². The lowest BCUT2D eigenvalue weighted by Crippen LogP contribution is -1.90. The van der Waals surface area contributed by atoms with E-state index >= 15 is 0 Å². The van der Waals surface area contributed by atoms with Crippen molar-refractivity contribution >= 4 is 27.0 Å². The van der Waals surface area contributed by atoms with Crippen molar-refractivity contribution < 1.29 is 4.39 Å². The molecular weight excluding hydrogens is 235 g/mol. The molecule has 1 heterocycles. The van der Waals surface area contributed by atoms with Crippen LogP contribution in [0.15, 0.2) is 22.9 Å². The maximum absolute atomic E-state index is 13.1. The van der Waals surface area contributed by atoms with Crippen molar-refractivity contribution in [3.8, 4) is 0 Å². The van der Waals surface area contributed by atoms with E-state index in [0.717, 1.165) is 12.1 Å². The number of fused-ring (bicyclic) bond motifs is 1. The number of rotatable bonds is 1. The van der Waals surface area contributed by atoms with Crippen LogP contribution in [0, 0.1) is 5.82 Å². The fourth-order valence-electron chi connectivity index (χ4n) is 1.31. The van der Waals surface area contributed by atoms with E-state index in [-0.39, 0.29) is 5.82 Å². The zero-order valence-electron chi connectivity index (χ0n) is 7.09. The molecular formula is C9H8BrFN2. The van der Waals surface area contributed by atoms with E-state index in [0.29, 0.717) is 9.99 Å². The first-order valence-corrected chi connectivity index (χ1v) is 4.81. The number of halogens is 2. The molecule has 1 aromatic carbocycles. The van der Waals surface area contributed by atoms with E-state index in [2.05, 4.69) is 20.9 Å². The van der Waals surface area contributed by atoms with Crippen molar-refractivity contribution in [1.29, 1.82) is 0 Å². The molecule has 0 saturated heterocycles. The lowest BCUT2D eigenvalue weighted by Gasteiger charge is -1.99. The fourth-order valence-corrected chi connectivity index (χ4v) is 1.64. The first kappa shape index (κ1) is 8.69. The van der Waals surface area contributed by atoms with Crippen molar-refractivity contribution in [2.45, 2.75) is 13.5 Å². The molecule has 0 spiro atoms. The molecule has 0 unspecified atom stereocenters. The third kappa shape index (κ3) is 1.35. The number of hydrogen-bond donors (Lipinski definition) is 0. The van der Waals surface area contributed by atoms with Gasteiger partial charge < -0.3 is 4.57 Å². The molecule has 1 aromatic heterocycles. The van der Waals surface area contributed by atoms with Gasteiger partial charge in [0.2, 0.25) is 0 Å². The van der Waals surface area contributed by atoms with Crippen LogP contribution in [0.3, 0.4) is 0 Å². The summed E-state index contributed by atoms with van der Waals surface area (Å²) in [6.07, 6.45) is 1.72. The molecule has 0 bridgehead atoms. The van der Waals surface area contributed by atoms with E-state index in [1.54, 1.807) is 12.4 Å². The van der Waals surface area contributed by atoms with Crippen molar-refractivity contribution in [1.82, 2.24) is 9.55 Å². The Balaban J connectivity index is 2.77. The van der Waals surface area contributed by atoms with Gasteiger partial charge in [-0.1, -0.05) is 0 Å². The highest BCUT2D eigenvalue weighted by Crippen LogP contribution is 2.22. The molecule has 0 aliphatic carbocycles. The molecule has 2 rings (SSSR count). The number of hydrogen-bond acceptors (Lipinski definition) is 1. The van der Waals surface area contributed by atoms with E-state index in [1.165, 1.54) is 6.07 Å². The summed E-state index contributed by atoms with van der Waals surface area (Å²) in [4.78, 5) is 4.09. The first-order valence-electron chi connectivity index (χ1n) is 4.02. The normalized spacial score (nSPS) is 11.0. The summed E-state index contributed by atoms with van der Waals surface area (Å²) in [6, 6.07) is 3.19. The second kappa shape index (κ2) is 3.10. The van der Waals surface area contributed by atoms with Gasteiger partial charge in [0.05, 0.1) is 21.8 Å². The minimum Gasteiger partial charge on any atom is -0.331 e. The third-order valence-electron chi connectivity index (χ3n) is 2.00. The van der Waals surface area contributed by atoms with Gasteiger partial charge in [0, 0.05) is 12.6 Å². The van der Waals surface area contributed by atoms with Gasteiger partial charge in [-0.15, -0.1) is 0 Å². The summed E-state index contributed by atoms with van der Waals surface area (Å²) >= 11 is 3.15. The van der Waals surface area contributed by atoms with Gasteiger partial charge in [0.1, 0.15) is 5.82 Å². The smallest absolute Gasteiger partial charge is 0.139 e. The number of imidazole rings is 1. The predicted octanol–water partition coefficient (Wildman–Crippen LogP) is 2.96. The topological polar surface area (TPSA) is 17.8 Å². The summed E-state index contributed by atoms with van der Waals surface area (Å²) in [7, 11) is 0. The maximum Gasteiger partial charge on any atom is 0.139 e. The monoisotopic (exact) mass is 242 g/mol. The number of nitrogens with zero attached hydrogens (tertiary/aromatic N) is 2. The van der Waals surface area contributed by atoms with E-state index in [9.17, 15) is 4.39 Å². The van der Waals surface area contributed by atoms with Gasteiger partial charge in [0.15, 0.2) is 0 Å². The Kier molecular flexibility index (Phi) is 2.07. The SMILES string of the molecule is CCn1cnc2cc(F)c(Br)cc21. The molecule has 0 aliphatic heterocycles. The Labute approximate surface area is 83.5 Å². The third-order valence-corrected chi connectivity index (χ3v) is 2.61. The minimum atomic E-state index is -0.270. The highest BCUT2D eigenvalue weighted by atomic mass is 79.9. The van der Waals surface area contributed by atoms with E-state index in [1.807, 2.05) is 11.5 Å². The number of aromatic nitrogens is 2. The largest absolute Gasteiger partial charge is 0.331 e. The van der Waals surface area contributed by atoms with Crippen LogP contribution >= 0.6 is 15.9 Å². The molecule has 13 heavy (non-hydrogen) atoms. The van der Waals surface area contributed by atoms with Crippen LogP contribution in [0.25, 0.3) is 11.0 Å². The fraction of sp³-hybridized carbons (Fsp3) is 0.222. The molecule has 0 atom stereocenters. The van der Waals surface area contributed by atoms with Crippen LogP contribution in [0.2, 0.25) is 0 Å². The van der Waals surface area contributed by atoms with Crippen molar-refractivity contribution in [2.24, 2.45) is 0 Å². The Bertz CT molecular complexity index is 450. The Morgan fingerprint density at radius 3 is 3.00 bits per heavy atom. The number of benzene rings is 1. The summed E-state index contributed by atoms with van der Waals surface area (Å²) in [5.41, 5.74) is 1.65. The zero-order chi connectivity index (χ0) is 9.42. The second-order valence-electron chi connectivity index (χ2n) is 2.79. The summed E-state index contributed by atoms with van der Waals surface area (Å²) in [5, 5.41) is 0. The highest BCUT2D eigenvalue weighted by Gasteiger charge is 2.05. The van der Waals surface area contributed by atoms with Crippen molar-refractivity contribution in [3.05, 3.63) is 28.7 Å². The molecule has 0 aliphatic rings. The van der Waals surface area contributed by atoms with Gasteiger partial charge in [-0.2, -0.15) is 0 Å². The first-order chi connectivity index (χ1) is 6.22. The molecule has 0 fully saturated rings. The summed E-state index contributed by atoms with van der Waals surface area (Å²) < 4.78 is 15.5. The van der Waals surface area contributed by atoms with Crippen LogP contribution in [0.1, 0.15) is 6.92 Å². The van der Waals surface area contributed by atoms with Crippen LogP contribution in [-0.2, 0) is 6.54 Å². The maximum atomic E-state index is 13.1. The molecule has 4 heteroatoms. The standard InChI is InChI=1S/C9H8BrFN2/c1-2-13-5-12-8-4-7(11)6(10)3-9(8)13/h3-5H,2H2,1H3. The minimum absolute atomic E-state index is 0.270. The highest BCUT2D eigenvalue weighted by molar-refractivity contribution is 9.10. The molecule has 68 valence electrons. The predicted molar refractivity (Wildman–Crippen MR) is 53.1 cm³/mol. The van der Waals surface area contributed by atoms with Gasteiger partial charge in [-0.3, -0.25) is 0 Å². The Hall–Kier alpha value is -0.900. The van der Waals surface area contributed by atoms with Crippen LogP contribution < -0.4 is 0 Å². The molecule has 0 saturated carbocycles. The zero-order valence-corrected chi connectivity index (χ0v) is 8.68. The summed E-state index contributed by atoms with van der Waals surface area (Å²) in [6.45, 7) is 2.87. The van der Waals surface area contributed by atoms with Crippen molar-refractivity contribution in [2.75, 3.05) is 0 Å². The van der Waals surface area contributed by atoms with E-state index in [4.69, 9.17) is 0 Å². The molecule has 2 aromatic rings. The quantitative estimate of drug-likeness (QED) is 0.752. The van der Waals surface area contributed by atoms with Gasteiger partial charge in [-0.25, -0.2) is 9.37 Å². The molecule has 0 amide bonds. The van der Waals surface area contributed by atoms with Gasteiger partial charge in [-0.05, 0) is 28.9 Å². The molecule has 0 N–H and O–H groups in total. The second-order valence-corrected chi connectivity index (χ2v) is 3.64. The molecule has 0 radical (unpaired) electrons. The van der Waals surface area contributed by atoms with Crippen LogP contribution in [0.5, 0.6) is 0 Å². The van der Waals surface area contributed by atoms with Crippen LogP contribution in [-0.4, -0.2) is 9.55 Å². The van der Waals surface area contributed by atoms with E-state index < -0.39 is 0 Å². The molecule has 2 nitrogen and oxygen atoms in total. The van der Waals surface area contributed by atoms with Crippen molar-refractivity contribution in [3.63, 3.8) is 0 Å². The van der Waals surface area contributed by atoms with Crippen LogP contribution in [0.4, 0.5) is 4.39 Å². The lowest BCUT2D eigenvalue weighted by atomic mass is 10.3. The Morgan fingerprint density at radius 1 is 1.54 bits per heavy atom. The Morgan fingerprint density at radius 2 is 2.31 bits per heavy atom. The lowest BCUT2D eigenvalue weighted by molar-refractivity contribution is 0.622. The average molecular weight is 243 g/mol.